The Bertz CT molecular complexity index is 443. The molecule has 1 amide bonds. The molecule has 2 rings (SSSR count). The average molecular weight is 305 g/mol. The van der Waals surface area contributed by atoms with Gasteiger partial charge in [-0.3, -0.25) is 9.69 Å². The summed E-state index contributed by atoms with van der Waals surface area (Å²) in [6.45, 7) is 9.70. The first-order valence-corrected chi connectivity index (χ1v) is 8.16. The summed E-state index contributed by atoms with van der Waals surface area (Å²) in [6.07, 6.45) is 5.17. The summed E-state index contributed by atoms with van der Waals surface area (Å²) < 4.78 is 0. The fourth-order valence-corrected chi connectivity index (χ4v) is 2.47. The Morgan fingerprint density at radius 1 is 1.23 bits per heavy atom. The molecule has 1 aromatic rings. The Kier molecular flexibility index (Phi) is 6.58. The van der Waals surface area contributed by atoms with Crippen molar-refractivity contribution in [2.45, 2.75) is 26.7 Å². The predicted octanol–water partition coefficient (Wildman–Crippen LogP) is 1.15. The summed E-state index contributed by atoms with van der Waals surface area (Å²) >= 11 is 0. The van der Waals surface area contributed by atoms with Crippen LogP contribution in [0.25, 0.3) is 0 Å². The van der Waals surface area contributed by atoms with Gasteiger partial charge in [-0.2, -0.15) is 0 Å². The molecule has 0 saturated carbocycles. The average Bonchev–Trinajstić information content (AvgIpc) is 2.54. The van der Waals surface area contributed by atoms with Crippen LogP contribution in [0.1, 0.15) is 26.7 Å². The highest BCUT2D eigenvalue weighted by Crippen LogP contribution is 2.09. The first kappa shape index (κ1) is 16.7. The van der Waals surface area contributed by atoms with E-state index in [2.05, 4.69) is 38.9 Å². The van der Waals surface area contributed by atoms with Crippen molar-refractivity contribution in [2.75, 3.05) is 44.2 Å². The highest BCUT2D eigenvalue weighted by molar-refractivity contribution is 5.76. The molecule has 0 aromatic carbocycles. The van der Waals surface area contributed by atoms with Crippen molar-refractivity contribution in [3.8, 4) is 0 Å². The third kappa shape index (κ3) is 5.60. The molecule has 0 radical (unpaired) electrons. The number of piperazine rings is 1. The maximum absolute atomic E-state index is 11.8. The lowest BCUT2D eigenvalue weighted by Gasteiger charge is -2.34. The molecule has 6 heteroatoms. The lowest BCUT2D eigenvalue weighted by atomic mass is 10.1. The number of nitrogens with zero attached hydrogens (tertiary/aromatic N) is 4. The lowest BCUT2D eigenvalue weighted by molar-refractivity contribution is -0.121. The second-order valence-electron chi connectivity index (χ2n) is 6.16. The number of carbonyl (C=O) groups excluding carboxylic acids is 1. The molecule has 122 valence electrons. The van der Waals surface area contributed by atoms with E-state index in [1.807, 2.05) is 6.07 Å². The number of anilines is 1. The van der Waals surface area contributed by atoms with Crippen LogP contribution in [0.15, 0.2) is 18.5 Å². The molecule has 1 N–H and O–H groups in total. The monoisotopic (exact) mass is 305 g/mol. The Hall–Kier alpha value is -1.69. The molecule has 6 nitrogen and oxygen atoms in total. The molecule has 22 heavy (non-hydrogen) atoms. The molecule has 0 bridgehead atoms. The van der Waals surface area contributed by atoms with Crippen LogP contribution in [0.4, 0.5) is 5.95 Å². The number of hydrogen-bond donors (Lipinski definition) is 1. The van der Waals surface area contributed by atoms with Crippen LogP contribution in [0.3, 0.4) is 0 Å². The van der Waals surface area contributed by atoms with Gasteiger partial charge in [0.2, 0.25) is 11.9 Å². The minimum atomic E-state index is 0.162. The molecule has 1 aliphatic rings. The molecule has 1 saturated heterocycles. The summed E-state index contributed by atoms with van der Waals surface area (Å²) in [5.41, 5.74) is 0. The smallest absolute Gasteiger partial charge is 0.225 e. The zero-order chi connectivity index (χ0) is 15.8. The van der Waals surface area contributed by atoms with E-state index < -0.39 is 0 Å². The van der Waals surface area contributed by atoms with Crippen LogP contribution < -0.4 is 10.2 Å². The standard InChI is InChI=1S/C16H27N5O/c1-14(2)4-8-17-15(22)5-9-20-10-12-21(13-11-20)16-18-6-3-7-19-16/h3,6-7,14H,4-5,8-13H2,1-2H3,(H,17,22). The number of rotatable bonds is 7. The van der Waals surface area contributed by atoms with Crippen LogP contribution in [-0.4, -0.2) is 60.0 Å². The lowest BCUT2D eigenvalue weighted by Crippen LogP contribution is -2.47. The number of nitrogens with one attached hydrogen (secondary N) is 1. The molecule has 0 aliphatic carbocycles. The Morgan fingerprint density at radius 3 is 2.55 bits per heavy atom. The zero-order valence-electron chi connectivity index (χ0n) is 13.7. The minimum absolute atomic E-state index is 0.162. The van der Waals surface area contributed by atoms with E-state index in [0.717, 1.165) is 51.6 Å². The van der Waals surface area contributed by atoms with E-state index in [4.69, 9.17) is 0 Å². The molecule has 2 heterocycles. The van der Waals surface area contributed by atoms with Crippen LogP contribution in [0, 0.1) is 5.92 Å². The van der Waals surface area contributed by atoms with Crippen LogP contribution in [0.2, 0.25) is 0 Å². The largest absolute Gasteiger partial charge is 0.356 e. The summed E-state index contributed by atoms with van der Waals surface area (Å²) in [5, 5.41) is 2.99. The summed E-state index contributed by atoms with van der Waals surface area (Å²) in [5.74, 6) is 1.59. The molecule has 0 unspecified atom stereocenters. The second kappa shape index (κ2) is 8.68. The summed E-state index contributed by atoms with van der Waals surface area (Å²) in [7, 11) is 0. The molecular weight excluding hydrogens is 278 g/mol. The first-order chi connectivity index (χ1) is 10.6. The van der Waals surface area contributed by atoms with Crippen LogP contribution in [0.5, 0.6) is 0 Å². The first-order valence-electron chi connectivity index (χ1n) is 8.16. The Morgan fingerprint density at radius 2 is 1.91 bits per heavy atom. The van der Waals surface area contributed by atoms with E-state index in [1.165, 1.54) is 0 Å². The number of aromatic nitrogens is 2. The van der Waals surface area contributed by atoms with E-state index in [1.54, 1.807) is 12.4 Å². The quantitative estimate of drug-likeness (QED) is 0.819. The number of amides is 1. The normalized spacial score (nSPS) is 16.0. The molecule has 0 spiro atoms. The predicted molar refractivity (Wildman–Crippen MR) is 87.8 cm³/mol. The van der Waals surface area contributed by atoms with Crippen LogP contribution in [-0.2, 0) is 4.79 Å². The fourth-order valence-electron chi connectivity index (χ4n) is 2.47. The fraction of sp³-hybridized carbons (Fsp3) is 0.688. The van der Waals surface area contributed by atoms with Gasteiger partial charge in [-0.25, -0.2) is 9.97 Å². The second-order valence-corrected chi connectivity index (χ2v) is 6.16. The van der Waals surface area contributed by atoms with Crippen molar-refractivity contribution in [2.24, 2.45) is 5.92 Å². The molecule has 0 atom stereocenters. The zero-order valence-corrected chi connectivity index (χ0v) is 13.7. The molecule has 1 fully saturated rings. The van der Waals surface area contributed by atoms with E-state index in [9.17, 15) is 4.79 Å². The van der Waals surface area contributed by atoms with Gasteiger partial charge in [-0.15, -0.1) is 0 Å². The maximum atomic E-state index is 11.8. The SMILES string of the molecule is CC(C)CCNC(=O)CCN1CCN(c2ncccn2)CC1. The van der Waals surface area contributed by atoms with E-state index >= 15 is 0 Å². The summed E-state index contributed by atoms with van der Waals surface area (Å²) in [6, 6.07) is 1.83. The minimum Gasteiger partial charge on any atom is -0.356 e. The van der Waals surface area contributed by atoms with Gasteiger partial charge in [-0.05, 0) is 18.4 Å². The Labute approximate surface area is 132 Å². The topological polar surface area (TPSA) is 61.4 Å². The van der Waals surface area contributed by atoms with Gasteiger partial charge in [0.05, 0.1) is 0 Å². The van der Waals surface area contributed by atoms with Gasteiger partial charge in [0.25, 0.3) is 0 Å². The van der Waals surface area contributed by atoms with Crippen molar-refractivity contribution in [1.29, 1.82) is 0 Å². The highest BCUT2D eigenvalue weighted by Gasteiger charge is 2.18. The van der Waals surface area contributed by atoms with Crippen molar-refractivity contribution in [3.63, 3.8) is 0 Å². The molecule has 1 aliphatic heterocycles. The third-order valence-electron chi connectivity index (χ3n) is 3.91. The number of hydrogen-bond acceptors (Lipinski definition) is 5. The third-order valence-corrected chi connectivity index (χ3v) is 3.91. The van der Waals surface area contributed by atoms with Gasteiger partial charge in [0, 0.05) is 58.1 Å². The maximum Gasteiger partial charge on any atom is 0.225 e. The van der Waals surface area contributed by atoms with Gasteiger partial charge < -0.3 is 10.2 Å². The van der Waals surface area contributed by atoms with Crippen molar-refractivity contribution in [3.05, 3.63) is 18.5 Å². The van der Waals surface area contributed by atoms with Crippen LogP contribution >= 0.6 is 0 Å². The van der Waals surface area contributed by atoms with Gasteiger partial charge >= 0.3 is 0 Å². The molecule has 1 aromatic heterocycles. The highest BCUT2D eigenvalue weighted by atomic mass is 16.1. The van der Waals surface area contributed by atoms with E-state index in [-0.39, 0.29) is 5.91 Å². The van der Waals surface area contributed by atoms with Gasteiger partial charge in [-0.1, -0.05) is 13.8 Å². The summed E-state index contributed by atoms with van der Waals surface area (Å²) in [4.78, 5) is 24.9. The molecular formula is C16H27N5O. The van der Waals surface area contributed by atoms with Gasteiger partial charge in [0.15, 0.2) is 0 Å². The van der Waals surface area contributed by atoms with Crippen molar-refractivity contribution < 1.29 is 4.79 Å². The van der Waals surface area contributed by atoms with Gasteiger partial charge in [0.1, 0.15) is 0 Å². The number of carbonyl (C=O) groups is 1. The Balaban J connectivity index is 1.62. The van der Waals surface area contributed by atoms with E-state index in [0.29, 0.717) is 12.3 Å². The van der Waals surface area contributed by atoms with Crippen molar-refractivity contribution in [1.82, 2.24) is 20.2 Å². The van der Waals surface area contributed by atoms with Crippen molar-refractivity contribution >= 4 is 11.9 Å².